The molecule has 136 valence electrons. The molecule has 0 radical (unpaired) electrons. The van der Waals surface area contributed by atoms with Crippen LogP contribution in [0.25, 0.3) is 10.9 Å². The highest BCUT2D eigenvalue weighted by molar-refractivity contribution is 6.06. The number of carbonyl (C=O) groups is 2. The topological polar surface area (TPSA) is 77.4 Å². The summed E-state index contributed by atoms with van der Waals surface area (Å²) in [7, 11) is 0. The number of nitrogens with zero attached hydrogens (tertiary/aromatic N) is 1. The van der Waals surface area contributed by atoms with Crippen LogP contribution in [-0.2, 0) is 17.7 Å². The summed E-state index contributed by atoms with van der Waals surface area (Å²) in [5.41, 5.74) is 2.79. The second-order valence-electron chi connectivity index (χ2n) is 6.38. The van der Waals surface area contributed by atoms with Crippen LogP contribution >= 0.6 is 0 Å². The van der Waals surface area contributed by atoms with Gasteiger partial charge in [-0.15, -0.1) is 0 Å². The molecule has 1 aliphatic heterocycles. The van der Waals surface area contributed by atoms with E-state index < -0.39 is 11.9 Å². The lowest BCUT2D eigenvalue weighted by Gasteiger charge is -2.10. The van der Waals surface area contributed by atoms with E-state index in [1.807, 2.05) is 16.7 Å². The molecule has 3 aromatic rings. The predicted octanol–water partition coefficient (Wildman–Crippen LogP) is 2.99. The normalized spacial score (nSPS) is 12.2. The first-order valence-corrected chi connectivity index (χ1v) is 8.82. The first-order chi connectivity index (χ1) is 13.1. The monoisotopic (exact) mass is 362 g/mol. The number of amides is 1. The van der Waals surface area contributed by atoms with Crippen LogP contribution in [0, 0.1) is 0 Å². The van der Waals surface area contributed by atoms with Crippen molar-refractivity contribution in [3.8, 4) is 0 Å². The molecule has 1 amide bonds. The summed E-state index contributed by atoms with van der Waals surface area (Å²) in [5.74, 6) is -0.881. The Morgan fingerprint density at radius 2 is 1.93 bits per heavy atom. The van der Waals surface area contributed by atoms with Gasteiger partial charge in [0.05, 0.1) is 17.7 Å². The lowest BCUT2D eigenvalue weighted by Crippen LogP contribution is -2.23. The summed E-state index contributed by atoms with van der Waals surface area (Å²) in [6.07, 6.45) is 2.49. The minimum absolute atomic E-state index is 0.107. The third-order valence-electron chi connectivity index (χ3n) is 4.70. The highest BCUT2D eigenvalue weighted by Gasteiger charge is 2.20. The SMILES string of the molecule is CCOC(=O)c1ccc(NC(=O)c2cn3c4c(cccc4c2=O)CC3)cc1. The lowest BCUT2D eigenvalue weighted by atomic mass is 10.1. The molecule has 0 fully saturated rings. The fraction of sp³-hybridized carbons (Fsp3) is 0.190. The maximum Gasteiger partial charge on any atom is 0.338 e. The average Bonchev–Trinajstić information content (AvgIpc) is 3.09. The Bertz CT molecular complexity index is 1110. The van der Waals surface area contributed by atoms with Crippen LogP contribution in [0.2, 0.25) is 0 Å². The van der Waals surface area contributed by atoms with Crippen LogP contribution in [0.3, 0.4) is 0 Å². The molecule has 0 atom stereocenters. The van der Waals surface area contributed by atoms with Crippen molar-refractivity contribution >= 4 is 28.5 Å². The molecular formula is C21H18N2O4. The molecule has 27 heavy (non-hydrogen) atoms. The van der Waals surface area contributed by atoms with E-state index >= 15 is 0 Å². The summed E-state index contributed by atoms with van der Waals surface area (Å²) in [4.78, 5) is 37.1. The lowest BCUT2D eigenvalue weighted by molar-refractivity contribution is 0.0526. The standard InChI is InChI=1S/C21H18N2O4/c1-2-27-21(26)14-6-8-15(9-7-14)22-20(25)17-12-23-11-10-13-4-3-5-16(18(13)23)19(17)24/h3-9,12H,2,10-11H2,1H3,(H,22,25). The Balaban J connectivity index is 1.62. The number of carbonyl (C=O) groups excluding carboxylic acids is 2. The Kier molecular flexibility index (Phi) is 4.24. The molecule has 0 aliphatic carbocycles. The number of pyridine rings is 1. The molecule has 4 rings (SSSR count). The number of hydrogen-bond acceptors (Lipinski definition) is 4. The summed E-state index contributed by atoms with van der Waals surface area (Å²) in [6, 6.07) is 12.0. The molecule has 6 heteroatoms. The molecule has 2 heterocycles. The Labute approximate surface area is 155 Å². The average molecular weight is 362 g/mol. The van der Waals surface area contributed by atoms with Gasteiger partial charge in [0, 0.05) is 23.8 Å². The van der Waals surface area contributed by atoms with Gasteiger partial charge < -0.3 is 14.6 Å². The van der Waals surface area contributed by atoms with E-state index in [2.05, 4.69) is 5.32 Å². The molecular weight excluding hydrogens is 344 g/mol. The van der Waals surface area contributed by atoms with Crippen molar-refractivity contribution in [1.29, 1.82) is 0 Å². The fourth-order valence-corrected chi connectivity index (χ4v) is 3.42. The number of aromatic nitrogens is 1. The number of para-hydroxylation sites is 1. The Hall–Kier alpha value is -3.41. The van der Waals surface area contributed by atoms with Crippen molar-refractivity contribution in [1.82, 2.24) is 4.57 Å². The zero-order valence-electron chi connectivity index (χ0n) is 14.8. The first-order valence-electron chi connectivity index (χ1n) is 8.82. The van der Waals surface area contributed by atoms with Crippen molar-refractivity contribution < 1.29 is 14.3 Å². The minimum Gasteiger partial charge on any atom is -0.462 e. The van der Waals surface area contributed by atoms with E-state index in [1.165, 1.54) is 0 Å². The van der Waals surface area contributed by atoms with Gasteiger partial charge in [-0.25, -0.2) is 4.79 Å². The Morgan fingerprint density at radius 3 is 2.67 bits per heavy atom. The van der Waals surface area contributed by atoms with Gasteiger partial charge in [0.15, 0.2) is 0 Å². The van der Waals surface area contributed by atoms with Gasteiger partial charge in [0.1, 0.15) is 5.56 Å². The van der Waals surface area contributed by atoms with Crippen molar-refractivity contribution in [3.05, 3.63) is 75.6 Å². The molecule has 2 aromatic carbocycles. The predicted molar refractivity (Wildman–Crippen MR) is 102 cm³/mol. The number of hydrogen-bond donors (Lipinski definition) is 1. The third-order valence-corrected chi connectivity index (χ3v) is 4.70. The highest BCUT2D eigenvalue weighted by atomic mass is 16.5. The summed E-state index contributed by atoms with van der Waals surface area (Å²) < 4.78 is 6.90. The van der Waals surface area contributed by atoms with Crippen molar-refractivity contribution in [2.75, 3.05) is 11.9 Å². The van der Waals surface area contributed by atoms with E-state index in [9.17, 15) is 14.4 Å². The van der Waals surface area contributed by atoms with E-state index in [4.69, 9.17) is 4.74 Å². The van der Waals surface area contributed by atoms with Gasteiger partial charge in [-0.05, 0) is 49.2 Å². The van der Waals surface area contributed by atoms with Crippen molar-refractivity contribution in [2.24, 2.45) is 0 Å². The molecule has 0 unspecified atom stereocenters. The van der Waals surface area contributed by atoms with Crippen LogP contribution < -0.4 is 10.7 Å². The number of ether oxygens (including phenoxy) is 1. The van der Waals surface area contributed by atoms with Crippen LogP contribution in [0.5, 0.6) is 0 Å². The third kappa shape index (κ3) is 2.99. The maximum absolute atomic E-state index is 12.8. The summed E-state index contributed by atoms with van der Waals surface area (Å²) in [6.45, 7) is 2.79. The number of benzene rings is 2. The molecule has 0 spiro atoms. The maximum atomic E-state index is 12.8. The van der Waals surface area contributed by atoms with Gasteiger partial charge in [-0.2, -0.15) is 0 Å². The van der Waals surface area contributed by atoms with E-state index in [0.29, 0.717) is 23.2 Å². The fourth-order valence-electron chi connectivity index (χ4n) is 3.42. The van der Waals surface area contributed by atoms with Crippen LogP contribution in [-0.4, -0.2) is 23.1 Å². The van der Waals surface area contributed by atoms with Gasteiger partial charge in [-0.3, -0.25) is 9.59 Å². The van der Waals surface area contributed by atoms with Gasteiger partial charge in [0.2, 0.25) is 5.43 Å². The Morgan fingerprint density at radius 1 is 1.15 bits per heavy atom. The number of anilines is 1. The van der Waals surface area contributed by atoms with E-state index in [1.54, 1.807) is 43.5 Å². The number of nitrogens with one attached hydrogen (secondary N) is 1. The number of esters is 1. The molecule has 0 saturated carbocycles. The van der Waals surface area contributed by atoms with Gasteiger partial charge in [0.25, 0.3) is 5.91 Å². The summed E-state index contributed by atoms with van der Waals surface area (Å²) in [5, 5.41) is 3.29. The molecule has 0 saturated heterocycles. The van der Waals surface area contributed by atoms with Crippen molar-refractivity contribution in [2.45, 2.75) is 19.9 Å². The second-order valence-corrected chi connectivity index (χ2v) is 6.38. The number of rotatable bonds is 4. The summed E-state index contributed by atoms with van der Waals surface area (Å²) >= 11 is 0. The zero-order valence-corrected chi connectivity index (χ0v) is 14.8. The second kappa shape index (κ2) is 6.72. The zero-order chi connectivity index (χ0) is 19.0. The highest BCUT2D eigenvalue weighted by Crippen LogP contribution is 2.24. The van der Waals surface area contributed by atoms with Crippen LogP contribution in [0.15, 0.2) is 53.5 Å². The smallest absolute Gasteiger partial charge is 0.338 e. The van der Waals surface area contributed by atoms with Crippen LogP contribution in [0.1, 0.15) is 33.2 Å². The largest absolute Gasteiger partial charge is 0.462 e. The van der Waals surface area contributed by atoms with Gasteiger partial charge in [-0.1, -0.05) is 12.1 Å². The van der Waals surface area contributed by atoms with Crippen molar-refractivity contribution in [3.63, 3.8) is 0 Å². The molecule has 1 aromatic heterocycles. The number of aryl methyl sites for hydroxylation is 2. The molecule has 0 bridgehead atoms. The molecule has 1 N–H and O–H groups in total. The first kappa shape index (κ1) is 17.0. The molecule has 1 aliphatic rings. The minimum atomic E-state index is -0.466. The van der Waals surface area contributed by atoms with E-state index in [-0.39, 0.29) is 11.0 Å². The van der Waals surface area contributed by atoms with Gasteiger partial charge >= 0.3 is 5.97 Å². The van der Waals surface area contributed by atoms with E-state index in [0.717, 1.165) is 24.0 Å². The van der Waals surface area contributed by atoms with Crippen LogP contribution in [0.4, 0.5) is 5.69 Å². The molecule has 6 nitrogen and oxygen atoms in total. The quantitative estimate of drug-likeness (QED) is 0.724.